The Morgan fingerprint density at radius 1 is 1.36 bits per heavy atom. The molecule has 0 spiro atoms. The lowest BCUT2D eigenvalue weighted by Crippen LogP contribution is -2.18. The van der Waals surface area contributed by atoms with Crippen molar-refractivity contribution in [1.82, 2.24) is 19.7 Å². The summed E-state index contributed by atoms with van der Waals surface area (Å²) < 4.78 is 1.67. The highest BCUT2D eigenvalue weighted by Crippen LogP contribution is 2.25. The zero-order valence-corrected chi connectivity index (χ0v) is 12.5. The van der Waals surface area contributed by atoms with Gasteiger partial charge < -0.3 is 5.32 Å². The summed E-state index contributed by atoms with van der Waals surface area (Å²) in [7, 11) is 0. The highest BCUT2D eigenvalue weighted by Gasteiger charge is 2.13. The van der Waals surface area contributed by atoms with Crippen LogP contribution >= 0.6 is 0 Å². The molecule has 1 N–H and O–H groups in total. The second-order valence-corrected chi connectivity index (χ2v) is 5.31. The van der Waals surface area contributed by atoms with Gasteiger partial charge in [0.05, 0.1) is 17.2 Å². The summed E-state index contributed by atoms with van der Waals surface area (Å²) in [5.41, 5.74) is 2.78. The van der Waals surface area contributed by atoms with Gasteiger partial charge >= 0.3 is 0 Å². The molecule has 2 aromatic heterocycles. The van der Waals surface area contributed by atoms with E-state index in [1.807, 2.05) is 38.1 Å². The van der Waals surface area contributed by atoms with Crippen LogP contribution in [-0.2, 0) is 4.79 Å². The number of nitrogens with zero attached hydrogens (tertiary/aromatic N) is 4. The van der Waals surface area contributed by atoms with Crippen molar-refractivity contribution in [1.29, 1.82) is 0 Å². The minimum Gasteiger partial charge on any atom is -0.325 e. The van der Waals surface area contributed by atoms with Gasteiger partial charge in [0, 0.05) is 18.0 Å². The van der Waals surface area contributed by atoms with Crippen LogP contribution in [-0.4, -0.2) is 25.7 Å². The largest absolute Gasteiger partial charge is 0.325 e. The fourth-order valence-electron chi connectivity index (χ4n) is 2.43. The van der Waals surface area contributed by atoms with E-state index in [2.05, 4.69) is 20.4 Å². The highest BCUT2D eigenvalue weighted by atomic mass is 16.1. The number of rotatable bonds is 4. The zero-order valence-electron chi connectivity index (χ0n) is 12.5. The number of nitrogens with one attached hydrogen (secondary N) is 1. The van der Waals surface area contributed by atoms with E-state index in [1.165, 1.54) is 6.33 Å². The van der Waals surface area contributed by atoms with Gasteiger partial charge in [-0.05, 0) is 37.6 Å². The average molecular weight is 295 g/mol. The Balaban J connectivity index is 1.78. The molecule has 1 atom stereocenters. The minimum atomic E-state index is -0.0583. The molecule has 0 aliphatic heterocycles. The van der Waals surface area contributed by atoms with Crippen molar-refractivity contribution in [3.63, 3.8) is 0 Å². The number of anilines is 1. The monoisotopic (exact) mass is 295 g/mol. The first-order chi connectivity index (χ1) is 10.6. The lowest BCUT2D eigenvalue weighted by molar-refractivity contribution is -0.116. The fraction of sp³-hybridized carbons (Fsp3) is 0.250. The van der Waals surface area contributed by atoms with E-state index in [-0.39, 0.29) is 11.9 Å². The van der Waals surface area contributed by atoms with Gasteiger partial charge in [0.25, 0.3) is 0 Å². The number of hydrogen-bond acceptors (Lipinski definition) is 4. The first-order valence-electron chi connectivity index (χ1n) is 7.13. The van der Waals surface area contributed by atoms with E-state index in [0.29, 0.717) is 6.42 Å². The molecule has 0 fully saturated rings. The van der Waals surface area contributed by atoms with E-state index >= 15 is 0 Å². The number of carbonyl (C=O) groups excluding carboxylic acids is 1. The van der Waals surface area contributed by atoms with Gasteiger partial charge in [-0.15, -0.1) is 0 Å². The molecule has 1 aromatic carbocycles. The third-order valence-electron chi connectivity index (χ3n) is 3.61. The van der Waals surface area contributed by atoms with Crippen LogP contribution in [0.1, 0.15) is 24.9 Å². The zero-order chi connectivity index (χ0) is 15.5. The Hall–Kier alpha value is -2.76. The Kier molecular flexibility index (Phi) is 3.82. The third-order valence-corrected chi connectivity index (χ3v) is 3.61. The maximum absolute atomic E-state index is 12.3. The Bertz CT molecular complexity index is 797. The average Bonchev–Trinajstić information content (AvgIpc) is 3.05. The van der Waals surface area contributed by atoms with Crippen LogP contribution < -0.4 is 5.32 Å². The highest BCUT2D eigenvalue weighted by molar-refractivity contribution is 6.01. The summed E-state index contributed by atoms with van der Waals surface area (Å²) >= 11 is 0. The SMILES string of the molecule is Cc1ccc(NC(=O)C[C@H](C)n2cncn2)c2cccnc12. The molecule has 0 radical (unpaired) electrons. The number of amides is 1. The van der Waals surface area contributed by atoms with Gasteiger partial charge in [-0.3, -0.25) is 9.78 Å². The van der Waals surface area contributed by atoms with Crippen molar-refractivity contribution >= 4 is 22.5 Å². The molecular formula is C16H17N5O. The number of pyridine rings is 1. The van der Waals surface area contributed by atoms with Crippen molar-refractivity contribution in [2.75, 3.05) is 5.32 Å². The quantitative estimate of drug-likeness (QED) is 0.803. The van der Waals surface area contributed by atoms with Gasteiger partial charge in [-0.2, -0.15) is 5.10 Å². The topological polar surface area (TPSA) is 72.7 Å². The smallest absolute Gasteiger partial charge is 0.226 e. The molecule has 0 unspecified atom stereocenters. The molecule has 2 heterocycles. The first-order valence-corrected chi connectivity index (χ1v) is 7.13. The van der Waals surface area contributed by atoms with Crippen LogP contribution in [0.3, 0.4) is 0 Å². The summed E-state index contributed by atoms with van der Waals surface area (Å²) in [4.78, 5) is 20.5. The normalized spacial score (nSPS) is 12.3. The van der Waals surface area contributed by atoms with Gasteiger partial charge in [0.2, 0.25) is 5.91 Å². The second kappa shape index (κ2) is 5.93. The predicted octanol–water partition coefficient (Wildman–Crippen LogP) is 2.72. The van der Waals surface area contributed by atoms with Crippen LogP contribution in [0.15, 0.2) is 43.1 Å². The van der Waals surface area contributed by atoms with Crippen molar-refractivity contribution < 1.29 is 4.79 Å². The summed E-state index contributed by atoms with van der Waals surface area (Å²) in [6, 6.07) is 7.67. The van der Waals surface area contributed by atoms with Gasteiger partial charge in [-0.25, -0.2) is 9.67 Å². The Morgan fingerprint density at radius 3 is 3.00 bits per heavy atom. The van der Waals surface area contributed by atoms with Gasteiger partial charge in [0.1, 0.15) is 12.7 Å². The molecule has 6 nitrogen and oxygen atoms in total. The molecule has 3 aromatic rings. The van der Waals surface area contributed by atoms with Crippen molar-refractivity contribution in [3.05, 3.63) is 48.7 Å². The lowest BCUT2D eigenvalue weighted by Gasteiger charge is -2.13. The lowest BCUT2D eigenvalue weighted by atomic mass is 10.1. The summed E-state index contributed by atoms with van der Waals surface area (Å²) in [5.74, 6) is -0.0583. The molecule has 3 rings (SSSR count). The van der Waals surface area contributed by atoms with E-state index in [1.54, 1.807) is 17.2 Å². The van der Waals surface area contributed by atoms with Crippen LogP contribution in [0, 0.1) is 6.92 Å². The third kappa shape index (κ3) is 2.81. The van der Waals surface area contributed by atoms with E-state index in [0.717, 1.165) is 22.2 Å². The van der Waals surface area contributed by atoms with Crippen molar-refractivity contribution in [2.24, 2.45) is 0 Å². The van der Waals surface area contributed by atoms with E-state index in [9.17, 15) is 4.79 Å². The van der Waals surface area contributed by atoms with Crippen LogP contribution in [0.5, 0.6) is 0 Å². The number of hydrogen-bond donors (Lipinski definition) is 1. The van der Waals surface area contributed by atoms with Crippen LogP contribution in [0.2, 0.25) is 0 Å². The molecule has 1 amide bonds. The fourth-order valence-corrected chi connectivity index (χ4v) is 2.43. The molecule has 0 saturated carbocycles. The van der Waals surface area contributed by atoms with E-state index < -0.39 is 0 Å². The second-order valence-electron chi connectivity index (χ2n) is 5.31. The summed E-state index contributed by atoms with van der Waals surface area (Å²) in [6.45, 7) is 3.94. The molecule has 0 saturated heterocycles. The maximum atomic E-state index is 12.3. The Morgan fingerprint density at radius 2 is 2.23 bits per heavy atom. The minimum absolute atomic E-state index is 0.0441. The van der Waals surface area contributed by atoms with E-state index in [4.69, 9.17) is 0 Å². The van der Waals surface area contributed by atoms with Crippen LogP contribution in [0.25, 0.3) is 10.9 Å². The van der Waals surface area contributed by atoms with Crippen LogP contribution in [0.4, 0.5) is 5.69 Å². The Labute approximate surface area is 128 Å². The van der Waals surface area contributed by atoms with Gasteiger partial charge in [0.15, 0.2) is 0 Å². The molecular weight excluding hydrogens is 278 g/mol. The maximum Gasteiger partial charge on any atom is 0.226 e. The van der Waals surface area contributed by atoms with Crippen molar-refractivity contribution in [2.45, 2.75) is 26.3 Å². The predicted molar refractivity (Wildman–Crippen MR) is 84.5 cm³/mol. The molecule has 112 valence electrons. The van der Waals surface area contributed by atoms with Crippen molar-refractivity contribution in [3.8, 4) is 0 Å². The molecule has 0 aliphatic rings. The number of carbonyl (C=O) groups is 1. The first kappa shape index (κ1) is 14.2. The molecule has 0 bridgehead atoms. The number of aryl methyl sites for hydroxylation is 1. The number of fused-ring (bicyclic) bond motifs is 1. The molecule has 0 aliphatic carbocycles. The summed E-state index contributed by atoms with van der Waals surface area (Å²) in [5, 5.41) is 7.97. The number of aromatic nitrogens is 4. The standard InChI is InChI=1S/C16H17N5O/c1-11-5-6-14(13-4-3-7-18-16(11)13)20-15(22)8-12(2)21-10-17-9-19-21/h3-7,9-10,12H,8H2,1-2H3,(H,20,22)/t12-/m0/s1. The number of benzene rings is 1. The molecule has 6 heteroatoms. The molecule has 22 heavy (non-hydrogen) atoms. The summed E-state index contributed by atoms with van der Waals surface area (Å²) in [6.07, 6.45) is 5.17. The van der Waals surface area contributed by atoms with Gasteiger partial charge in [-0.1, -0.05) is 6.07 Å².